The van der Waals surface area contributed by atoms with Crippen LogP contribution in [0.1, 0.15) is 88.9 Å². The summed E-state index contributed by atoms with van der Waals surface area (Å²) in [5, 5.41) is 26.4. The molecular weight excluding hydrogens is 470 g/mol. The highest BCUT2D eigenvalue weighted by Gasteiger charge is 2.39. The largest absolute Gasteiger partial charge is 0.378 e. The molecule has 1 aromatic carbocycles. The zero-order valence-electron chi connectivity index (χ0n) is 23.1. The average molecular weight is 517 g/mol. The molecular formula is C28H46N5O4+. The van der Waals surface area contributed by atoms with Crippen LogP contribution in [0.2, 0.25) is 0 Å². The fraction of sp³-hybridized carbons (Fsp3) is 0.643. The monoisotopic (exact) mass is 516 g/mol. The fourth-order valence-corrected chi connectivity index (χ4v) is 5.05. The highest BCUT2D eigenvalue weighted by atomic mass is 16.9. The first-order chi connectivity index (χ1) is 17.8. The van der Waals surface area contributed by atoms with Crippen molar-refractivity contribution in [2.24, 2.45) is 4.99 Å². The minimum absolute atomic E-state index is 0.204. The molecule has 0 atom stereocenters. The van der Waals surface area contributed by atoms with Crippen LogP contribution in [-0.2, 0) is 4.74 Å². The Morgan fingerprint density at radius 3 is 2.57 bits per heavy atom. The molecule has 1 saturated heterocycles. The van der Waals surface area contributed by atoms with Crippen LogP contribution in [-0.4, -0.2) is 66.6 Å². The number of hydrogen-bond acceptors (Lipinski definition) is 7. The van der Waals surface area contributed by atoms with E-state index in [-0.39, 0.29) is 11.6 Å². The smallest absolute Gasteiger partial charge is 0.258 e. The number of ether oxygens (including phenoxy) is 1. The summed E-state index contributed by atoms with van der Waals surface area (Å²) in [5.74, 6) is 0.189. The van der Waals surface area contributed by atoms with Gasteiger partial charge < -0.3 is 15.0 Å². The van der Waals surface area contributed by atoms with Crippen LogP contribution in [0.3, 0.4) is 0 Å². The summed E-state index contributed by atoms with van der Waals surface area (Å²) in [6.07, 6.45) is 11.8. The molecule has 9 nitrogen and oxygen atoms in total. The Hall–Kier alpha value is -2.30. The number of amidine groups is 1. The lowest BCUT2D eigenvalue weighted by atomic mass is 9.93. The van der Waals surface area contributed by atoms with Gasteiger partial charge in [-0.3, -0.25) is 4.79 Å². The second kappa shape index (κ2) is 14.0. The highest BCUT2D eigenvalue weighted by molar-refractivity contribution is 6.09. The number of carbonyl (C=O) groups is 1. The van der Waals surface area contributed by atoms with Crippen molar-refractivity contribution in [2.75, 3.05) is 38.3 Å². The summed E-state index contributed by atoms with van der Waals surface area (Å²) in [5.41, 5.74) is 2.62. The molecule has 0 unspecified atom stereocenters. The summed E-state index contributed by atoms with van der Waals surface area (Å²) < 4.78 is 5.36. The third-order valence-electron chi connectivity index (χ3n) is 7.50. The topological polar surface area (TPSA) is 97.6 Å². The minimum Gasteiger partial charge on any atom is -0.378 e. The number of nitrogens with zero attached hydrogens (tertiary/aromatic N) is 4. The molecule has 1 aliphatic carbocycles. The van der Waals surface area contributed by atoms with E-state index >= 15 is 0 Å². The number of unbranched alkanes of at least 4 members (excludes halogenated alkanes) is 1. The number of morpholine rings is 1. The Morgan fingerprint density at radius 1 is 1.22 bits per heavy atom. The van der Waals surface area contributed by atoms with E-state index in [9.17, 15) is 15.2 Å². The van der Waals surface area contributed by atoms with Gasteiger partial charge in [-0.15, -0.1) is 0 Å². The van der Waals surface area contributed by atoms with Crippen LogP contribution in [0.25, 0.3) is 0 Å². The first-order valence-electron chi connectivity index (χ1n) is 13.9. The molecule has 1 heterocycles. The van der Waals surface area contributed by atoms with Gasteiger partial charge in [0.1, 0.15) is 5.84 Å². The van der Waals surface area contributed by atoms with Crippen molar-refractivity contribution in [3.63, 3.8) is 0 Å². The van der Waals surface area contributed by atoms with E-state index in [1.807, 2.05) is 19.3 Å². The third-order valence-corrected chi connectivity index (χ3v) is 7.50. The van der Waals surface area contributed by atoms with E-state index < -0.39 is 4.92 Å². The molecule has 1 amide bonds. The second-order valence-corrected chi connectivity index (χ2v) is 10.2. The van der Waals surface area contributed by atoms with Gasteiger partial charge in [-0.2, -0.15) is 10.4 Å². The van der Waals surface area contributed by atoms with Gasteiger partial charge in [-0.05, 0) is 45.1 Å². The summed E-state index contributed by atoms with van der Waals surface area (Å²) in [6.45, 7) is 7.64. The van der Waals surface area contributed by atoms with Gasteiger partial charge in [0.25, 0.3) is 5.91 Å². The maximum absolute atomic E-state index is 13.6. The highest BCUT2D eigenvalue weighted by Crippen LogP contribution is 2.33. The number of hydrogen-bond donors (Lipinski definition) is 3. The van der Waals surface area contributed by atoms with Crippen molar-refractivity contribution in [3.8, 4) is 0 Å². The molecule has 9 heteroatoms. The number of anilines is 1. The van der Waals surface area contributed by atoms with E-state index in [0.717, 1.165) is 44.2 Å². The zero-order valence-corrected chi connectivity index (χ0v) is 23.1. The first kappa shape index (κ1) is 29.3. The lowest BCUT2D eigenvalue weighted by Crippen LogP contribution is -2.60. The van der Waals surface area contributed by atoms with Crippen molar-refractivity contribution in [1.82, 2.24) is 15.2 Å². The lowest BCUT2D eigenvalue weighted by Gasteiger charge is -2.36. The molecule has 0 bridgehead atoms. The SMILES string of the molecule is CCCC/C(=C\N=C(C)NC(=O)c1cc([N+](O)(O)N2CCOCC2)ccc1N(C)C1CCCCC1)CC. The molecule has 2 fully saturated rings. The number of amides is 1. The van der Waals surface area contributed by atoms with E-state index in [2.05, 4.69) is 29.1 Å². The van der Waals surface area contributed by atoms with E-state index in [4.69, 9.17) is 4.74 Å². The summed E-state index contributed by atoms with van der Waals surface area (Å²) in [6, 6.07) is 5.44. The quantitative estimate of drug-likeness (QED) is 0.166. The summed E-state index contributed by atoms with van der Waals surface area (Å²) in [4.78, 5) is 18.8. The predicted molar refractivity (Wildman–Crippen MR) is 148 cm³/mol. The molecule has 0 spiro atoms. The van der Waals surface area contributed by atoms with Gasteiger partial charge in [0, 0.05) is 37.1 Å². The zero-order chi connectivity index (χ0) is 26.8. The molecule has 1 saturated carbocycles. The van der Waals surface area contributed by atoms with Gasteiger partial charge in [-0.1, -0.05) is 50.1 Å². The summed E-state index contributed by atoms with van der Waals surface area (Å²) >= 11 is 0. The van der Waals surface area contributed by atoms with Crippen LogP contribution >= 0.6 is 0 Å². The number of quaternary nitrogens is 1. The standard InChI is InChI=1S/C28H45N5O4/c1-5-7-11-23(6-2)21-29-22(3)30-28(34)26-20-25(33(35,36)32-16-18-37-19-17-32)14-15-27(26)31(4)24-12-9-8-10-13-24/h14-15,20-21,24,35-36H,5-13,16-19H2,1-4H3/p+1/b23-21-. The number of rotatable bonds is 10. The third kappa shape index (κ3) is 7.85. The van der Waals surface area contributed by atoms with E-state index in [1.54, 1.807) is 19.1 Å². The van der Waals surface area contributed by atoms with Crippen molar-refractivity contribution < 1.29 is 19.9 Å². The van der Waals surface area contributed by atoms with Crippen LogP contribution < -0.4 is 15.1 Å². The molecule has 3 rings (SSSR count). The Kier molecular flexibility index (Phi) is 11.1. The number of carbonyl (C=O) groups excluding carboxylic acids is 1. The normalized spacial score (nSPS) is 18.6. The van der Waals surface area contributed by atoms with Gasteiger partial charge in [0.15, 0.2) is 0 Å². The van der Waals surface area contributed by atoms with Crippen molar-refractivity contribution in [1.29, 1.82) is 0 Å². The maximum atomic E-state index is 13.6. The minimum atomic E-state index is -1.41. The maximum Gasteiger partial charge on any atom is 0.258 e. The molecule has 1 aromatic rings. The first-order valence-corrected chi connectivity index (χ1v) is 13.9. The van der Waals surface area contributed by atoms with Gasteiger partial charge >= 0.3 is 0 Å². The molecule has 3 N–H and O–H groups in total. The molecule has 37 heavy (non-hydrogen) atoms. The number of benzene rings is 1. The van der Waals surface area contributed by atoms with Gasteiger partial charge in [0.05, 0.1) is 36.8 Å². The molecule has 1 aliphatic heterocycles. The van der Waals surface area contributed by atoms with Crippen molar-refractivity contribution in [3.05, 3.63) is 35.5 Å². The number of aliphatic imine (C=N–C) groups is 1. The van der Waals surface area contributed by atoms with E-state index in [0.29, 0.717) is 43.7 Å². The van der Waals surface area contributed by atoms with Crippen molar-refractivity contribution in [2.45, 2.75) is 84.6 Å². The van der Waals surface area contributed by atoms with Crippen LogP contribution in [0.4, 0.5) is 11.4 Å². The van der Waals surface area contributed by atoms with Gasteiger partial charge in [-0.25, -0.2) is 4.99 Å². The molecule has 0 radical (unpaired) electrons. The van der Waals surface area contributed by atoms with Crippen molar-refractivity contribution >= 4 is 23.1 Å². The Labute approximate surface area is 221 Å². The van der Waals surface area contributed by atoms with Crippen LogP contribution in [0.5, 0.6) is 0 Å². The van der Waals surface area contributed by atoms with Crippen LogP contribution in [0, 0.1) is 0 Å². The fourth-order valence-electron chi connectivity index (χ4n) is 5.05. The Morgan fingerprint density at radius 2 is 1.92 bits per heavy atom. The Balaban J connectivity index is 1.90. The van der Waals surface area contributed by atoms with Crippen LogP contribution in [0.15, 0.2) is 35.0 Å². The number of allylic oxidation sites excluding steroid dienone is 1. The van der Waals surface area contributed by atoms with Gasteiger partial charge in [0.2, 0.25) is 5.69 Å². The second-order valence-electron chi connectivity index (χ2n) is 10.2. The predicted octanol–water partition coefficient (Wildman–Crippen LogP) is 5.42. The Bertz CT molecular complexity index is 950. The molecule has 0 aromatic heterocycles. The lowest BCUT2D eigenvalue weighted by molar-refractivity contribution is -0.407. The summed E-state index contributed by atoms with van der Waals surface area (Å²) in [7, 11) is 2.02. The molecule has 2 aliphatic rings. The average Bonchev–Trinajstić information content (AvgIpc) is 2.93. The van der Waals surface area contributed by atoms with E-state index in [1.165, 1.54) is 29.8 Å². The number of nitrogens with one attached hydrogen (secondary N) is 1. The molecule has 206 valence electrons.